The van der Waals surface area contributed by atoms with E-state index in [1.165, 1.54) is 0 Å². The van der Waals surface area contributed by atoms with Crippen LogP contribution in [-0.4, -0.2) is 28.6 Å². The Balaban J connectivity index is 2.05. The van der Waals surface area contributed by atoms with Gasteiger partial charge in [-0.05, 0) is 18.2 Å². The maximum atomic E-state index is 5.03. The van der Waals surface area contributed by atoms with Crippen molar-refractivity contribution in [3.8, 4) is 5.88 Å². The first-order chi connectivity index (χ1) is 9.31. The van der Waals surface area contributed by atoms with Crippen molar-refractivity contribution in [1.29, 1.82) is 0 Å². The van der Waals surface area contributed by atoms with Crippen LogP contribution in [0, 0.1) is 0 Å². The zero-order valence-electron chi connectivity index (χ0n) is 11.3. The molecule has 0 aliphatic rings. The number of hydrogen-bond acceptors (Lipinski definition) is 5. The van der Waals surface area contributed by atoms with Crippen molar-refractivity contribution < 1.29 is 4.74 Å². The van der Waals surface area contributed by atoms with Crippen LogP contribution in [0.3, 0.4) is 0 Å². The zero-order valence-corrected chi connectivity index (χ0v) is 11.3. The number of hydrogen-bond donors (Lipinski definition) is 1. The smallest absolute Gasteiger partial charge is 0.212 e. The van der Waals surface area contributed by atoms with Gasteiger partial charge in [0, 0.05) is 31.4 Å². The van der Waals surface area contributed by atoms with Gasteiger partial charge in [-0.15, -0.1) is 0 Å². The van der Waals surface area contributed by atoms with Gasteiger partial charge in [0.2, 0.25) is 5.88 Å². The maximum absolute atomic E-state index is 5.03. The molecule has 0 aromatic carbocycles. The summed E-state index contributed by atoms with van der Waals surface area (Å²) in [4.78, 5) is 13.0. The van der Waals surface area contributed by atoms with Gasteiger partial charge in [-0.25, -0.2) is 15.0 Å². The lowest BCUT2D eigenvalue weighted by Gasteiger charge is -2.05. The second-order valence-electron chi connectivity index (χ2n) is 4.13. The molecule has 1 N–H and O–H groups in total. The van der Waals surface area contributed by atoms with E-state index in [1.807, 2.05) is 18.2 Å². The number of aromatic nitrogens is 3. The quantitative estimate of drug-likeness (QED) is 0.852. The van der Waals surface area contributed by atoms with Crippen molar-refractivity contribution in [3.63, 3.8) is 0 Å². The van der Waals surface area contributed by atoms with Crippen LogP contribution >= 0.6 is 0 Å². The molecule has 0 atom stereocenters. The molecule has 0 saturated heterocycles. The number of rotatable bonds is 6. The second-order valence-corrected chi connectivity index (χ2v) is 4.13. The summed E-state index contributed by atoms with van der Waals surface area (Å²) in [6.07, 6.45) is 4.27. The van der Waals surface area contributed by atoms with Crippen LogP contribution in [0.15, 0.2) is 30.6 Å². The number of methoxy groups -OCH3 is 1. The Morgan fingerprint density at radius 3 is 2.79 bits per heavy atom. The monoisotopic (exact) mass is 258 g/mol. The van der Waals surface area contributed by atoms with Gasteiger partial charge >= 0.3 is 0 Å². The molecule has 2 aromatic heterocycles. The number of ether oxygens (including phenoxy) is 1. The highest BCUT2D eigenvalue weighted by molar-refractivity contribution is 5.21. The molecule has 2 aromatic rings. The first-order valence-electron chi connectivity index (χ1n) is 6.32. The summed E-state index contributed by atoms with van der Waals surface area (Å²) in [6, 6.07) is 5.75. The highest BCUT2D eigenvalue weighted by atomic mass is 16.5. The molecule has 19 heavy (non-hydrogen) atoms. The first kappa shape index (κ1) is 13.4. The topological polar surface area (TPSA) is 59.9 Å². The van der Waals surface area contributed by atoms with Crippen LogP contribution in [0.25, 0.3) is 0 Å². The lowest BCUT2D eigenvalue weighted by Crippen LogP contribution is -2.13. The van der Waals surface area contributed by atoms with Crippen LogP contribution in [0.2, 0.25) is 0 Å². The van der Waals surface area contributed by atoms with E-state index in [1.54, 1.807) is 19.5 Å². The van der Waals surface area contributed by atoms with Gasteiger partial charge in [-0.1, -0.05) is 13.0 Å². The van der Waals surface area contributed by atoms with Gasteiger partial charge < -0.3 is 10.1 Å². The van der Waals surface area contributed by atoms with Crippen LogP contribution in [0.4, 0.5) is 0 Å². The van der Waals surface area contributed by atoms with E-state index >= 15 is 0 Å². The van der Waals surface area contributed by atoms with Crippen LogP contribution in [0.5, 0.6) is 5.88 Å². The Labute approximate surface area is 113 Å². The molecule has 0 bridgehead atoms. The van der Waals surface area contributed by atoms with E-state index in [2.05, 4.69) is 27.2 Å². The van der Waals surface area contributed by atoms with E-state index in [9.17, 15) is 0 Å². The van der Waals surface area contributed by atoms with Crippen LogP contribution < -0.4 is 10.1 Å². The number of nitrogens with one attached hydrogen (secondary N) is 1. The molecule has 5 nitrogen and oxygen atoms in total. The maximum Gasteiger partial charge on any atom is 0.212 e. The molecule has 0 radical (unpaired) electrons. The highest BCUT2D eigenvalue weighted by Crippen LogP contribution is 2.09. The normalized spacial score (nSPS) is 10.4. The van der Waals surface area contributed by atoms with Crippen molar-refractivity contribution in [2.45, 2.75) is 19.9 Å². The van der Waals surface area contributed by atoms with Gasteiger partial charge in [0.25, 0.3) is 0 Å². The Morgan fingerprint density at radius 2 is 2.11 bits per heavy atom. The standard InChI is InChI=1S/C14H18N4O/c1-3-15-10-12-6-7-16-13(18-12)8-11-4-5-14(19-2)17-9-11/h4-7,9,15H,3,8,10H2,1-2H3. The molecule has 100 valence electrons. The summed E-state index contributed by atoms with van der Waals surface area (Å²) >= 11 is 0. The van der Waals surface area contributed by atoms with Crippen molar-refractivity contribution in [2.75, 3.05) is 13.7 Å². The predicted octanol–water partition coefficient (Wildman–Crippen LogP) is 1.58. The molecule has 0 fully saturated rings. The molecule has 5 heteroatoms. The third-order valence-electron chi connectivity index (χ3n) is 2.69. The van der Waals surface area contributed by atoms with Gasteiger partial charge in [-0.3, -0.25) is 0 Å². The minimum Gasteiger partial charge on any atom is -0.481 e. The summed E-state index contributed by atoms with van der Waals surface area (Å²) in [6.45, 7) is 3.78. The predicted molar refractivity (Wildman–Crippen MR) is 73.0 cm³/mol. The molecule has 2 rings (SSSR count). The van der Waals surface area contributed by atoms with Crippen molar-refractivity contribution in [1.82, 2.24) is 20.3 Å². The van der Waals surface area contributed by atoms with Crippen LogP contribution in [-0.2, 0) is 13.0 Å². The summed E-state index contributed by atoms with van der Waals surface area (Å²) in [5.41, 5.74) is 2.08. The average molecular weight is 258 g/mol. The summed E-state index contributed by atoms with van der Waals surface area (Å²) in [5.74, 6) is 1.42. The lowest BCUT2D eigenvalue weighted by molar-refractivity contribution is 0.397. The van der Waals surface area contributed by atoms with E-state index < -0.39 is 0 Å². The Morgan fingerprint density at radius 1 is 1.21 bits per heavy atom. The van der Waals surface area contributed by atoms with Crippen molar-refractivity contribution in [2.24, 2.45) is 0 Å². The molecule has 0 saturated carbocycles. The summed E-state index contributed by atoms with van der Waals surface area (Å²) in [7, 11) is 1.61. The average Bonchev–Trinajstić information content (AvgIpc) is 2.46. The minimum absolute atomic E-state index is 0.616. The third-order valence-corrected chi connectivity index (χ3v) is 2.69. The molecule has 0 spiro atoms. The zero-order chi connectivity index (χ0) is 13.5. The van der Waals surface area contributed by atoms with E-state index in [0.717, 1.165) is 30.2 Å². The Bertz CT molecular complexity index is 513. The molecule has 0 aliphatic heterocycles. The molecule has 0 unspecified atom stereocenters. The number of nitrogens with zero attached hydrogens (tertiary/aromatic N) is 3. The third kappa shape index (κ3) is 3.99. The highest BCUT2D eigenvalue weighted by Gasteiger charge is 2.02. The molecule has 0 aliphatic carbocycles. The van der Waals surface area contributed by atoms with Crippen molar-refractivity contribution in [3.05, 3.63) is 47.7 Å². The Hall–Kier alpha value is -2.01. The minimum atomic E-state index is 0.616. The summed E-state index contributed by atoms with van der Waals surface area (Å²) < 4.78 is 5.03. The second kappa shape index (κ2) is 6.80. The fourth-order valence-corrected chi connectivity index (χ4v) is 1.70. The van der Waals surface area contributed by atoms with Crippen molar-refractivity contribution >= 4 is 0 Å². The van der Waals surface area contributed by atoms with E-state index in [-0.39, 0.29) is 0 Å². The SMILES string of the molecule is CCNCc1ccnc(Cc2ccc(OC)nc2)n1. The largest absolute Gasteiger partial charge is 0.481 e. The number of pyridine rings is 1. The van der Waals surface area contributed by atoms with Gasteiger partial charge in [-0.2, -0.15) is 0 Å². The van der Waals surface area contributed by atoms with Crippen LogP contribution in [0.1, 0.15) is 24.0 Å². The van der Waals surface area contributed by atoms with E-state index in [4.69, 9.17) is 4.74 Å². The summed E-state index contributed by atoms with van der Waals surface area (Å²) in [5, 5.41) is 3.25. The first-order valence-corrected chi connectivity index (χ1v) is 6.32. The fourth-order valence-electron chi connectivity index (χ4n) is 1.70. The molecule has 2 heterocycles. The fraction of sp³-hybridized carbons (Fsp3) is 0.357. The lowest BCUT2D eigenvalue weighted by atomic mass is 10.2. The van der Waals surface area contributed by atoms with Gasteiger partial charge in [0.1, 0.15) is 5.82 Å². The molecular formula is C14H18N4O. The van der Waals surface area contributed by atoms with Gasteiger partial charge in [0.15, 0.2) is 0 Å². The molecular weight excluding hydrogens is 240 g/mol. The van der Waals surface area contributed by atoms with E-state index in [0.29, 0.717) is 12.3 Å². The molecule has 0 amide bonds. The van der Waals surface area contributed by atoms with Gasteiger partial charge in [0.05, 0.1) is 12.8 Å². The Kier molecular flexibility index (Phi) is 4.80.